The molecule has 0 aliphatic heterocycles. The molecule has 0 saturated carbocycles. The van der Waals surface area contributed by atoms with E-state index in [1.165, 1.54) is 12.7 Å². The first-order chi connectivity index (χ1) is 10.7. The van der Waals surface area contributed by atoms with Crippen LogP contribution in [0.3, 0.4) is 0 Å². The molecule has 0 fully saturated rings. The van der Waals surface area contributed by atoms with Crippen LogP contribution in [0, 0.1) is 6.92 Å². The summed E-state index contributed by atoms with van der Waals surface area (Å²) in [4.78, 5) is 15.8. The van der Waals surface area contributed by atoms with Gasteiger partial charge >= 0.3 is 5.97 Å². The normalized spacial score (nSPS) is 10.6. The average Bonchev–Trinajstić information content (AvgIpc) is 2.95. The molecule has 0 radical (unpaired) electrons. The maximum absolute atomic E-state index is 11.5. The molecular weight excluding hydrogens is 282 g/mol. The molecule has 0 spiro atoms. The van der Waals surface area contributed by atoms with Crippen molar-refractivity contribution in [3.8, 4) is 5.75 Å². The fraction of sp³-hybridized carbons (Fsp3) is 0.188. The zero-order chi connectivity index (χ0) is 15.5. The second kappa shape index (κ2) is 5.85. The van der Waals surface area contributed by atoms with Crippen molar-refractivity contribution < 1.29 is 14.3 Å². The van der Waals surface area contributed by atoms with E-state index in [1.54, 1.807) is 22.8 Å². The molecule has 3 aromatic rings. The Hall–Kier alpha value is -2.89. The number of aryl methyl sites for hydroxylation is 1. The Morgan fingerprint density at radius 2 is 1.95 bits per heavy atom. The number of carbonyl (C=O) groups is 1. The topological polar surface area (TPSA) is 65.7 Å². The van der Waals surface area contributed by atoms with Crippen LogP contribution in [-0.2, 0) is 11.3 Å². The Morgan fingerprint density at radius 1 is 1.18 bits per heavy atom. The van der Waals surface area contributed by atoms with Gasteiger partial charge < -0.3 is 9.47 Å². The van der Waals surface area contributed by atoms with E-state index in [0.29, 0.717) is 17.0 Å². The van der Waals surface area contributed by atoms with Crippen molar-refractivity contribution in [1.29, 1.82) is 0 Å². The zero-order valence-corrected chi connectivity index (χ0v) is 12.3. The Bertz CT molecular complexity index is 809. The fourth-order valence-corrected chi connectivity index (χ4v) is 2.01. The number of hydrogen-bond donors (Lipinski definition) is 0. The molecule has 0 bridgehead atoms. The molecule has 112 valence electrons. The van der Waals surface area contributed by atoms with E-state index in [4.69, 9.17) is 4.74 Å². The molecular formula is C16H15N3O3. The van der Waals surface area contributed by atoms with E-state index in [9.17, 15) is 4.79 Å². The highest BCUT2D eigenvalue weighted by atomic mass is 16.5. The van der Waals surface area contributed by atoms with Gasteiger partial charge in [-0.2, -0.15) is 0 Å². The van der Waals surface area contributed by atoms with Crippen LogP contribution in [0.15, 0.2) is 42.6 Å². The molecule has 0 amide bonds. The molecule has 0 N–H and O–H groups in total. The monoisotopic (exact) mass is 297 g/mol. The van der Waals surface area contributed by atoms with Gasteiger partial charge in [-0.15, -0.1) is 5.10 Å². The molecule has 0 aliphatic carbocycles. The molecule has 3 rings (SSSR count). The predicted molar refractivity (Wildman–Crippen MR) is 79.8 cm³/mol. The van der Waals surface area contributed by atoms with E-state index in [0.717, 1.165) is 5.75 Å². The highest BCUT2D eigenvalue weighted by Crippen LogP contribution is 2.13. The first-order valence-corrected chi connectivity index (χ1v) is 6.79. The molecule has 0 atom stereocenters. The number of hydrogen-bond acceptors (Lipinski definition) is 5. The lowest BCUT2D eigenvalue weighted by Crippen LogP contribution is -2.03. The molecule has 6 heteroatoms. The van der Waals surface area contributed by atoms with Gasteiger partial charge in [-0.3, -0.25) is 0 Å². The summed E-state index contributed by atoms with van der Waals surface area (Å²) in [6, 6.07) is 11.1. The van der Waals surface area contributed by atoms with Gasteiger partial charge in [0, 0.05) is 6.20 Å². The maximum Gasteiger partial charge on any atom is 0.339 e. The Balaban J connectivity index is 1.77. The van der Waals surface area contributed by atoms with Crippen molar-refractivity contribution in [2.24, 2.45) is 0 Å². The Labute approximate surface area is 127 Å². The van der Waals surface area contributed by atoms with Crippen molar-refractivity contribution in [2.45, 2.75) is 13.5 Å². The third-order valence-electron chi connectivity index (χ3n) is 3.18. The van der Waals surface area contributed by atoms with Crippen LogP contribution in [0.5, 0.6) is 5.75 Å². The lowest BCUT2D eigenvalue weighted by molar-refractivity contribution is 0.0600. The van der Waals surface area contributed by atoms with Gasteiger partial charge in [-0.1, -0.05) is 17.7 Å². The van der Waals surface area contributed by atoms with Crippen LogP contribution < -0.4 is 4.74 Å². The molecule has 22 heavy (non-hydrogen) atoms. The smallest absolute Gasteiger partial charge is 0.339 e. The lowest BCUT2D eigenvalue weighted by atomic mass is 10.2. The number of aromatic nitrogens is 3. The number of nitrogens with zero attached hydrogens (tertiary/aromatic N) is 3. The minimum absolute atomic E-state index is 0.262. The number of fused-ring (bicyclic) bond motifs is 1. The number of ether oxygens (including phenoxy) is 2. The summed E-state index contributed by atoms with van der Waals surface area (Å²) in [7, 11) is 1.34. The largest absolute Gasteiger partial charge is 0.486 e. The quantitative estimate of drug-likeness (QED) is 0.692. The third-order valence-corrected chi connectivity index (χ3v) is 3.18. The van der Waals surface area contributed by atoms with E-state index >= 15 is 0 Å². The second-order valence-electron chi connectivity index (χ2n) is 4.84. The highest BCUT2D eigenvalue weighted by Gasteiger charge is 2.09. The zero-order valence-electron chi connectivity index (χ0n) is 12.3. The summed E-state index contributed by atoms with van der Waals surface area (Å²) < 4.78 is 11.9. The summed E-state index contributed by atoms with van der Waals surface area (Å²) in [6.07, 6.45) is 1.59. The maximum atomic E-state index is 11.5. The van der Waals surface area contributed by atoms with Gasteiger partial charge in [0.25, 0.3) is 0 Å². The number of carbonyl (C=O) groups excluding carboxylic acids is 1. The number of benzene rings is 1. The van der Waals surface area contributed by atoms with E-state index in [2.05, 4.69) is 14.8 Å². The summed E-state index contributed by atoms with van der Waals surface area (Å²) in [6.45, 7) is 2.28. The van der Waals surface area contributed by atoms with Crippen LogP contribution in [0.25, 0.3) is 5.65 Å². The molecule has 0 saturated heterocycles. The van der Waals surface area contributed by atoms with Gasteiger partial charge in [0.05, 0.1) is 12.7 Å². The molecule has 2 heterocycles. The van der Waals surface area contributed by atoms with Gasteiger partial charge in [0.15, 0.2) is 11.5 Å². The van der Waals surface area contributed by atoms with Gasteiger partial charge in [0.2, 0.25) is 0 Å². The third kappa shape index (κ3) is 2.90. The SMILES string of the molecule is COC(=O)c1ccc2nc(COc3ccc(C)cc3)nn2c1. The van der Waals surface area contributed by atoms with Crippen LogP contribution in [0.2, 0.25) is 0 Å². The van der Waals surface area contributed by atoms with Crippen LogP contribution in [0.1, 0.15) is 21.7 Å². The summed E-state index contributed by atoms with van der Waals surface area (Å²) in [5.41, 5.74) is 2.25. The minimum Gasteiger partial charge on any atom is -0.486 e. The van der Waals surface area contributed by atoms with Crippen molar-refractivity contribution in [3.05, 3.63) is 59.5 Å². The second-order valence-corrected chi connectivity index (χ2v) is 4.84. The molecule has 6 nitrogen and oxygen atoms in total. The molecule has 0 unspecified atom stereocenters. The highest BCUT2D eigenvalue weighted by molar-refractivity contribution is 5.89. The van der Waals surface area contributed by atoms with Gasteiger partial charge in [0.1, 0.15) is 12.4 Å². The lowest BCUT2D eigenvalue weighted by Gasteiger charge is -2.03. The Morgan fingerprint density at radius 3 is 2.68 bits per heavy atom. The van der Waals surface area contributed by atoms with Crippen molar-refractivity contribution in [1.82, 2.24) is 14.6 Å². The van der Waals surface area contributed by atoms with E-state index < -0.39 is 5.97 Å². The van der Waals surface area contributed by atoms with E-state index in [1.807, 2.05) is 31.2 Å². The molecule has 0 aliphatic rings. The number of rotatable bonds is 4. The first kappa shape index (κ1) is 14.1. The standard InChI is InChI=1S/C16H15N3O3/c1-11-3-6-13(7-4-11)22-10-14-17-15-8-5-12(16(20)21-2)9-19(15)18-14/h3-9H,10H2,1-2H3. The van der Waals surface area contributed by atoms with E-state index in [-0.39, 0.29) is 6.61 Å². The van der Waals surface area contributed by atoms with Crippen molar-refractivity contribution in [2.75, 3.05) is 7.11 Å². The number of esters is 1. The number of methoxy groups -OCH3 is 1. The minimum atomic E-state index is -0.408. The summed E-state index contributed by atoms with van der Waals surface area (Å²) >= 11 is 0. The molecule has 2 aromatic heterocycles. The van der Waals surface area contributed by atoms with Crippen molar-refractivity contribution >= 4 is 11.6 Å². The van der Waals surface area contributed by atoms with Crippen LogP contribution in [0.4, 0.5) is 0 Å². The average molecular weight is 297 g/mol. The fourth-order valence-electron chi connectivity index (χ4n) is 2.01. The summed E-state index contributed by atoms with van der Waals surface area (Å²) in [5, 5.41) is 4.30. The number of pyridine rings is 1. The first-order valence-electron chi connectivity index (χ1n) is 6.79. The van der Waals surface area contributed by atoms with Crippen molar-refractivity contribution in [3.63, 3.8) is 0 Å². The Kier molecular flexibility index (Phi) is 3.74. The van der Waals surface area contributed by atoms with Crippen LogP contribution >= 0.6 is 0 Å². The van der Waals surface area contributed by atoms with Gasteiger partial charge in [-0.05, 0) is 31.2 Å². The van der Waals surface area contributed by atoms with Gasteiger partial charge in [-0.25, -0.2) is 14.3 Å². The van der Waals surface area contributed by atoms with Crippen LogP contribution in [-0.4, -0.2) is 27.7 Å². The molecule has 1 aromatic carbocycles. The summed E-state index contributed by atoms with van der Waals surface area (Å²) in [5.74, 6) is 0.900. The predicted octanol–water partition coefficient (Wildman–Crippen LogP) is 2.40.